The van der Waals surface area contributed by atoms with Crippen LogP contribution in [-0.4, -0.2) is 14.8 Å². The highest BCUT2D eigenvalue weighted by Gasteiger charge is 2.07. The van der Waals surface area contributed by atoms with Gasteiger partial charge in [-0.15, -0.1) is 0 Å². The Balaban J connectivity index is 2.64. The normalized spacial score (nSPS) is 10.4. The maximum atomic E-state index is 11.7. The molecule has 4 nitrogen and oxygen atoms in total. The molecule has 0 aliphatic heterocycles. The molecule has 4 heteroatoms. The SMILES string of the molecule is Cc1[nH]n(-c2ccccn2)c(=O)c1C. The Bertz CT molecular complexity index is 496. The maximum absolute atomic E-state index is 11.7. The largest absolute Gasteiger partial charge is 0.294 e. The van der Waals surface area contributed by atoms with Gasteiger partial charge in [-0.1, -0.05) is 6.07 Å². The van der Waals surface area contributed by atoms with Crippen molar-refractivity contribution >= 4 is 0 Å². The van der Waals surface area contributed by atoms with Crippen LogP contribution in [0.3, 0.4) is 0 Å². The second kappa shape index (κ2) is 3.14. The highest BCUT2D eigenvalue weighted by atomic mass is 16.1. The van der Waals surface area contributed by atoms with Crippen molar-refractivity contribution in [1.82, 2.24) is 14.8 Å². The van der Waals surface area contributed by atoms with Gasteiger partial charge in [-0.3, -0.25) is 9.89 Å². The molecule has 2 rings (SSSR count). The van der Waals surface area contributed by atoms with Crippen molar-refractivity contribution in [3.8, 4) is 5.82 Å². The lowest BCUT2D eigenvalue weighted by molar-refractivity contribution is 0.807. The van der Waals surface area contributed by atoms with Crippen LogP contribution in [0.15, 0.2) is 29.2 Å². The van der Waals surface area contributed by atoms with Crippen LogP contribution < -0.4 is 5.56 Å². The molecule has 0 saturated heterocycles. The molecule has 14 heavy (non-hydrogen) atoms. The summed E-state index contributed by atoms with van der Waals surface area (Å²) in [6.07, 6.45) is 1.66. The van der Waals surface area contributed by atoms with Crippen LogP contribution in [0.5, 0.6) is 0 Å². The van der Waals surface area contributed by atoms with Gasteiger partial charge in [0.05, 0.1) is 0 Å². The maximum Gasteiger partial charge on any atom is 0.275 e. The monoisotopic (exact) mass is 189 g/mol. The molecule has 0 atom stereocenters. The summed E-state index contributed by atoms with van der Waals surface area (Å²) in [6.45, 7) is 3.67. The van der Waals surface area contributed by atoms with Gasteiger partial charge >= 0.3 is 0 Å². The number of hydrogen-bond donors (Lipinski definition) is 1. The Labute approximate surface area is 81.2 Å². The van der Waals surface area contributed by atoms with E-state index in [0.717, 1.165) is 11.3 Å². The van der Waals surface area contributed by atoms with Crippen molar-refractivity contribution in [2.75, 3.05) is 0 Å². The molecule has 0 fully saturated rings. The fraction of sp³-hybridized carbons (Fsp3) is 0.200. The molecule has 72 valence electrons. The smallest absolute Gasteiger partial charge is 0.275 e. The molecule has 0 aromatic carbocycles. The van der Waals surface area contributed by atoms with Gasteiger partial charge in [-0.25, -0.2) is 9.67 Å². The summed E-state index contributed by atoms with van der Waals surface area (Å²) < 4.78 is 1.45. The number of nitrogens with zero attached hydrogens (tertiary/aromatic N) is 2. The number of pyridine rings is 1. The van der Waals surface area contributed by atoms with Crippen LogP contribution in [0.4, 0.5) is 0 Å². The Hall–Kier alpha value is -1.84. The Morgan fingerprint density at radius 1 is 1.36 bits per heavy atom. The minimum Gasteiger partial charge on any atom is -0.294 e. The molecule has 0 radical (unpaired) electrons. The van der Waals surface area contributed by atoms with E-state index in [2.05, 4.69) is 10.1 Å². The van der Waals surface area contributed by atoms with E-state index in [4.69, 9.17) is 0 Å². The van der Waals surface area contributed by atoms with E-state index < -0.39 is 0 Å². The van der Waals surface area contributed by atoms with Crippen LogP contribution in [-0.2, 0) is 0 Å². The van der Waals surface area contributed by atoms with Crippen LogP contribution in [0.2, 0.25) is 0 Å². The van der Waals surface area contributed by atoms with Crippen LogP contribution in [0.25, 0.3) is 5.82 Å². The number of aromatic amines is 1. The first-order valence-corrected chi connectivity index (χ1v) is 4.40. The molecule has 0 aliphatic carbocycles. The summed E-state index contributed by atoms with van der Waals surface area (Å²) in [5.74, 6) is 0.619. The summed E-state index contributed by atoms with van der Waals surface area (Å²) >= 11 is 0. The molecule has 0 unspecified atom stereocenters. The molecule has 0 spiro atoms. The van der Waals surface area contributed by atoms with Gasteiger partial charge in [0, 0.05) is 17.5 Å². The first kappa shape index (κ1) is 8.74. The topological polar surface area (TPSA) is 50.7 Å². The van der Waals surface area contributed by atoms with E-state index >= 15 is 0 Å². The fourth-order valence-electron chi connectivity index (χ4n) is 1.28. The van der Waals surface area contributed by atoms with Gasteiger partial charge in [0.2, 0.25) is 0 Å². The van der Waals surface area contributed by atoms with Gasteiger partial charge in [-0.2, -0.15) is 0 Å². The minimum absolute atomic E-state index is 0.0406. The average Bonchev–Trinajstić information content (AvgIpc) is 2.47. The van der Waals surface area contributed by atoms with E-state index in [1.54, 1.807) is 19.2 Å². The van der Waals surface area contributed by atoms with E-state index in [1.807, 2.05) is 19.1 Å². The number of rotatable bonds is 1. The molecular weight excluding hydrogens is 178 g/mol. The quantitative estimate of drug-likeness (QED) is 0.732. The number of H-pyrrole nitrogens is 1. The predicted molar refractivity (Wildman–Crippen MR) is 53.7 cm³/mol. The molecule has 0 aliphatic rings. The number of aryl methyl sites for hydroxylation is 1. The molecule has 2 aromatic rings. The summed E-state index contributed by atoms with van der Waals surface area (Å²) in [5, 5.41) is 2.97. The van der Waals surface area contributed by atoms with Crippen molar-refractivity contribution in [2.24, 2.45) is 0 Å². The third-order valence-electron chi connectivity index (χ3n) is 2.24. The third-order valence-corrected chi connectivity index (χ3v) is 2.24. The molecular formula is C10H11N3O. The Kier molecular flexibility index (Phi) is 1.96. The zero-order chi connectivity index (χ0) is 10.1. The van der Waals surface area contributed by atoms with E-state index in [9.17, 15) is 4.79 Å². The summed E-state index contributed by atoms with van der Waals surface area (Å²) in [7, 11) is 0. The van der Waals surface area contributed by atoms with E-state index in [0.29, 0.717) is 5.82 Å². The van der Waals surface area contributed by atoms with Gasteiger partial charge in [-0.05, 0) is 26.0 Å². The van der Waals surface area contributed by atoms with Crippen molar-refractivity contribution in [3.05, 3.63) is 46.0 Å². The zero-order valence-corrected chi connectivity index (χ0v) is 8.11. The minimum atomic E-state index is -0.0406. The summed E-state index contributed by atoms with van der Waals surface area (Å²) in [6, 6.07) is 5.45. The molecule has 0 saturated carbocycles. The summed E-state index contributed by atoms with van der Waals surface area (Å²) in [4.78, 5) is 15.8. The van der Waals surface area contributed by atoms with Gasteiger partial charge in [0.15, 0.2) is 5.82 Å². The lowest BCUT2D eigenvalue weighted by Crippen LogP contribution is -2.16. The van der Waals surface area contributed by atoms with E-state index in [1.165, 1.54) is 4.68 Å². The third kappa shape index (κ3) is 1.25. The highest BCUT2D eigenvalue weighted by Crippen LogP contribution is 2.02. The second-order valence-electron chi connectivity index (χ2n) is 3.19. The summed E-state index contributed by atoms with van der Waals surface area (Å²) in [5.41, 5.74) is 1.57. The Morgan fingerprint density at radius 3 is 2.64 bits per heavy atom. The van der Waals surface area contributed by atoms with E-state index in [-0.39, 0.29) is 5.56 Å². The number of aromatic nitrogens is 3. The van der Waals surface area contributed by atoms with Crippen molar-refractivity contribution in [2.45, 2.75) is 13.8 Å². The van der Waals surface area contributed by atoms with Gasteiger partial charge in [0.1, 0.15) is 0 Å². The van der Waals surface area contributed by atoms with Crippen molar-refractivity contribution < 1.29 is 0 Å². The molecule has 0 amide bonds. The first-order chi connectivity index (χ1) is 6.70. The van der Waals surface area contributed by atoms with Gasteiger partial charge < -0.3 is 0 Å². The molecule has 2 heterocycles. The average molecular weight is 189 g/mol. The van der Waals surface area contributed by atoms with Crippen molar-refractivity contribution in [1.29, 1.82) is 0 Å². The standard InChI is InChI=1S/C10H11N3O/c1-7-8(2)12-13(10(7)14)9-5-3-4-6-11-9/h3-6,12H,1-2H3. The van der Waals surface area contributed by atoms with Crippen LogP contribution in [0.1, 0.15) is 11.3 Å². The lowest BCUT2D eigenvalue weighted by atomic mass is 10.3. The molecule has 1 N–H and O–H groups in total. The number of hydrogen-bond acceptors (Lipinski definition) is 2. The first-order valence-electron chi connectivity index (χ1n) is 4.40. The highest BCUT2D eigenvalue weighted by molar-refractivity contribution is 5.24. The molecule has 2 aromatic heterocycles. The van der Waals surface area contributed by atoms with Crippen LogP contribution in [0, 0.1) is 13.8 Å². The molecule has 0 bridgehead atoms. The predicted octanol–water partition coefficient (Wildman–Crippen LogP) is 1.18. The fourth-order valence-corrected chi connectivity index (χ4v) is 1.28. The van der Waals surface area contributed by atoms with Crippen molar-refractivity contribution in [3.63, 3.8) is 0 Å². The second-order valence-corrected chi connectivity index (χ2v) is 3.19. The lowest BCUT2D eigenvalue weighted by Gasteiger charge is -1.98. The van der Waals surface area contributed by atoms with Gasteiger partial charge in [0.25, 0.3) is 5.56 Å². The Morgan fingerprint density at radius 2 is 2.14 bits per heavy atom. The zero-order valence-electron chi connectivity index (χ0n) is 8.11. The van der Waals surface area contributed by atoms with Crippen LogP contribution >= 0.6 is 0 Å². The number of nitrogens with one attached hydrogen (secondary N) is 1.